The lowest BCUT2D eigenvalue weighted by Gasteiger charge is -1.75. The van der Waals surface area contributed by atoms with E-state index < -0.39 is 0 Å². The van der Waals surface area contributed by atoms with Gasteiger partial charge in [-0.1, -0.05) is 6.07 Å². The summed E-state index contributed by atoms with van der Waals surface area (Å²) in [6.45, 7) is 0. The van der Waals surface area contributed by atoms with Gasteiger partial charge in [-0.05, 0) is 36.5 Å². The van der Waals surface area contributed by atoms with Gasteiger partial charge in [0.05, 0.1) is 4.21 Å². The second-order valence-electron chi connectivity index (χ2n) is 1.01. The summed E-state index contributed by atoms with van der Waals surface area (Å²) in [4.78, 5) is 0. The van der Waals surface area contributed by atoms with Crippen molar-refractivity contribution in [3.63, 3.8) is 0 Å². The van der Waals surface area contributed by atoms with E-state index in [1.165, 1.54) is 4.21 Å². The van der Waals surface area contributed by atoms with Crippen LogP contribution in [0.1, 0.15) is 0 Å². The molecule has 0 aliphatic carbocycles. The van der Waals surface area contributed by atoms with Gasteiger partial charge in [-0.15, -0.1) is 11.3 Å². The molecule has 0 aliphatic rings. The van der Waals surface area contributed by atoms with Crippen LogP contribution in [0.3, 0.4) is 0 Å². The van der Waals surface area contributed by atoms with Gasteiger partial charge in [0.15, 0.2) is 0 Å². The number of hydrogen-bond donors (Lipinski definition) is 0. The molecular formula is C4H3BrS2. The summed E-state index contributed by atoms with van der Waals surface area (Å²) in [6.07, 6.45) is 0. The fraction of sp³-hybridized carbons (Fsp3) is 0. The molecule has 0 fully saturated rings. The molecule has 1 aromatic rings. The number of rotatable bonds is 1. The van der Waals surface area contributed by atoms with Gasteiger partial charge in [-0.25, -0.2) is 0 Å². The predicted octanol–water partition coefficient (Wildman–Crippen LogP) is 3.15. The summed E-state index contributed by atoms with van der Waals surface area (Å²) in [6, 6.07) is 4.11. The van der Waals surface area contributed by atoms with Crippen molar-refractivity contribution in [2.75, 3.05) is 0 Å². The van der Waals surface area contributed by atoms with Crippen LogP contribution in [0.5, 0.6) is 0 Å². The van der Waals surface area contributed by atoms with Crippen molar-refractivity contribution in [2.24, 2.45) is 0 Å². The van der Waals surface area contributed by atoms with Gasteiger partial charge in [-0.3, -0.25) is 0 Å². The van der Waals surface area contributed by atoms with E-state index in [9.17, 15) is 0 Å². The Balaban J connectivity index is 2.76. The molecule has 0 radical (unpaired) electrons. The first-order valence-corrected chi connectivity index (χ1v) is 5.29. The van der Waals surface area contributed by atoms with Gasteiger partial charge in [0, 0.05) is 0 Å². The summed E-state index contributed by atoms with van der Waals surface area (Å²) in [5.74, 6) is 0. The molecule has 1 heterocycles. The Morgan fingerprint density at radius 2 is 2.57 bits per heavy atom. The Hall–Kier alpha value is 0.530. The number of thiophene rings is 1. The summed E-state index contributed by atoms with van der Waals surface area (Å²) >= 11 is 5.00. The SMILES string of the molecule is BrSc1cccs1. The molecule has 0 unspecified atom stereocenters. The highest BCUT2D eigenvalue weighted by atomic mass is 79.9. The molecule has 0 aliphatic heterocycles. The van der Waals surface area contributed by atoms with E-state index in [1.54, 1.807) is 21.5 Å². The Morgan fingerprint density at radius 3 is 2.86 bits per heavy atom. The van der Waals surface area contributed by atoms with Crippen LogP contribution in [0.2, 0.25) is 0 Å². The zero-order valence-electron chi connectivity index (χ0n) is 3.43. The average Bonchev–Trinajstić information content (AvgIpc) is 2.14. The normalized spacial score (nSPS) is 9.29. The van der Waals surface area contributed by atoms with E-state index in [-0.39, 0.29) is 0 Å². The van der Waals surface area contributed by atoms with Crippen molar-refractivity contribution in [1.29, 1.82) is 0 Å². The highest BCUT2D eigenvalue weighted by molar-refractivity contribution is 9.50. The quantitative estimate of drug-likeness (QED) is 0.663. The molecule has 0 aromatic carbocycles. The van der Waals surface area contributed by atoms with Gasteiger partial charge in [0.1, 0.15) is 0 Å². The maximum atomic E-state index is 3.26. The largest absolute Gasteiger partial charge is 0.137 e. The minimum Gasteiger partial charge on any atom is -0.137 e. The monoisotopic (exact) mass is 194 g/mol. The molecule has 0 saturated carbocycles. The molecule has 1 rings (SSSR count). The third-order valence-electron chi connectivity index (χ3n) is 0.571. The fourth-order valence-electron chi connectivity index (χ4n) is 0.307. The predicted molar refractivity (Wildman–Crippen MR) is 39.1 cm³/mol. The Morgan fingerprint density at radius 1 is 1.71 bits per heavy atom. The molecule has 38 valence electrons. The summed E-state index contributed by atoms with van der Waals surface area (Å²) in [7, 11) is 1.61. The molecule has 0 amide bonds. The van der Waals surface area contributed by atoms with Crippen LogP contribution in [0.4, 0.5) is 0 Å². The van der Waals surface area contributed by atoms with E-state index in [0.717, 1.165) is 0 Å². The van der Waals surface area contributed by atoms with Gasteiger partial charge in [0.25, 0.3) is 0 Å². The summed E-state index contributed by atoms with van der Waals surface area (Å²) in [5, 5.41) is 2.06. The first-order valence-electron chi connectivity index (χ1n) is 1.75. The third-order valence-corrected chi connectivity index (χ3v) is 3.75. The fourth-order valence-corrected chi connectivity index (χ4v) is 2.21. The maximum absolute atomic E-state index is 3.26. The summed E-state index contributed by atoms with van der Waals surface area (Å²) < 4.78 is 1.31. The van der Waals surface area contributed by atoms with Crippen molar-refractivity contribution in [1.82, 2.24) is 0 Å². The molecular weight excluding hydrogens is 192 g/mol. The van der Waals surface area contributed by atoms with Crippen LogP contribution in [0, 0.1) is 0 Å². The first kappa shape index (κ1) is 5.66. The minimum atomic E-state index is 1.31. The molecule has 7 heavy (non-hydrogen) atoms. The van der Waals surface area contributed by atoms with E-state index in [0.29, 0.717) is 0 Å². The second-order valence-corrected chi connectivity index (χ2v) is 3.78. The van der Waals surface area contributed by atoms with Gasteiger partial charge in [0.2, 0.25) is 0 Å². The van der Waals surface area contributed by atoms with E-state index in [4.69, 9.17) is 0 Å². The van der Waals surface area contributed by atoms with Crippen LogP contribution < -0.4 is 0 Å². The Labute approximate surface area is 58.1 Å². The van der Waals surface area contributed by atoms with E-state index in [1.807, 2.05) is 6.07 Å². The molecule has 0 N–H and O–H groups in total. The first-order chi connectivity index (χ1) is 3.43. The average molecular weight is 195 g/mol. The molecule has 0 nitrogen and oxygen atoms in total. The standard InChI is InChI=1S/C4H3BrS2/c5-7-4-2-1-3-6-4/h1-3H. The number of halogens is 1. The zero-order valence-corrected chi connectivity index (χ0v) is 6.65. The van der Waals surface area contributed by atoms with Gasteiger partial charge in [-0.2, -0.15) is 0 Å². The van der Waals surface area contributed by atoms with Crippen LogP contribution in [0.15, 0.2) is 21.7 Å². The minimum absolute atomic E-state index is 1.31. The number of hydrogen-bond acceptors (Lipinski definition) is 2. The molecule has 0 bridgehead atoms. The van der Waals surface area contributed by atoms with Crippen LogP contribution in [0.25, 0.3) is 0 Å². The second kappa shape index (κ2) is 2.74. The lowest BCUT2D eigenvalue weighted by molar-refractivity contribution is 1.76. The Bertz CT molecular complexity index is 124. The van der Waals surface area contributed by atoms with Crippen molar-refractivity contribution in [3.8, 4) is 0 Å². The lowest BCUT2D eigenvalue weighted by Crippen LogP contribution is -1.38. The van der Waals surface area contributed by atoms with Crippen LogP contribution >= 0.6 is 36.3 Å². The smallest absolute Gasteiger partial charge is 0.0711 e. The topological polar surface area (TPSA) is 0 Å². The molecule has 1 aromatic heterocycles. The maximum Gasteiger partial charge on any atom is 0.0711 e. The van der Waals surface area contributed by atoms with Gasteiger partial charge < -0.3 is 0 Å². The van der Waals surface area contributed by atoms with Crippen molar-refractivity contribution in [3.05, 3.63) is 17.5 Å². The lowest BCUT2D eigenvalue weighted by atomic mass is 10.7. The van der Waals surface area contributed by atoms with Crippen molar-refractivity contribution < 1.29 is 0 Å². The Kier molecular flexibility index (Phi) is 2.22. The summed E-state index contributed by atoms with van der Waals surface area (Å²) in [5.41, 5.74) is 0. The highest BCUT2D eigenvalue weighted by Gasteiger charge is 1.85. The van der Waals surface area contributed by atoms with E-state index in [2.05, 4.69) is 26.3 Å². The van der Waals surface area contributed by atoms with Crippen LogP contribution in [-0.2, 0) is 0 Å². The van der Waals surface area contributed by atoms with E-state index >= 15 is 0 Å². The third kappa shape index (κ3) is 1.48. The highest BCUT2D eigenvalue weighted by Crippen LogP contribution is 2.28. The van der Waals surface area contributed by atoms with Crippen LogP contribution in [-0.4, -0.2) is 0 Å². The molecule has 0 saturated heterocycles. The van der Waals surface area contributed by atoms with Crippen molar-refractivity contribution >= 4 is 36.3 Å². The van der Waals surface area contributed by atoms with Gasteiger partial charge >= 0.3 is 0 Å². The van der Waals surface area contributed by atoms with Crippen molar-refractivity contribution in [2.45, 2.75) is 4.21 Å². The molecule has 0 spiro atoms. The molecule has 3 heteroatoms. The molecule has 0 atom stereocenters. The zero-order chi connectivity index (χ0) is 5.11.